The predicted molar refractivity (Wildman–Crippen MR) is 74.7 cm³/mol. The fraction of sp³-hybridized carbons (Fsp3) is 0.286. The Morgan fingerprint density at radius 2 is 2.28 bits per heavy atom. The van der Waals surface area contributed by atoms with Crippen molar-refractivity contribution in [3.8, 4) is 6.07 Å². The van der Waals surface area contributed by atoms with E-state index in [2.05, 4.69) is 34.7 Å². The molecule has 0 bridgehead atoms. The molecule has 18 heavy (non-hydrogen) atoms. The first-order chi connectivity index (χ1) is 8.76. The molecule has 0 saturated carbocycles. The fourth-order valence-electron chi connectivity index (χ4n) is 1.83. The van der Waals surface area contributed by atoms with E-state index in [9.17, 15) is 0 Å². The largest absolute Gasteiger partial charge is 0.364 e. The molecule has 1 N–H and O–H groups in total. The molecule has 0 atom stereocenters. The van der Waals surface area contributed by atoms with E-state index in [1.165, 1.54) is 10.4 Å². The summed E-state index contributed by atoms with van der Waals surface area (Å²) in [4.78, 5) is 5.55. The first-order valence-corrected chi connectivity index (χ1v) is 6.79. The Labute approximate surface area is 111 Å². The molecule has 0 unspecified atom stereocenters. The number of hydrogen-bond donors (Lipinski definition) is 1. The van der Waals surface area contributed by atoms with Gasteiger partial charge in [-0.15, -0.1) is 11.3 Å². The fourth-order valence-corrected chi connectivity index (χ4v) is 2.75. The van der Waals surface area contributed by atoms with Crippen LogP contribution in [-0.2, 0) is 13.0 Å². The van der Waals surface area contributed by atoms with Gasteiger partial charge in [0.1, 0.15) is 11.9 Å². The third-order valence-electron chi connectivity index (χ3n) is 2.91. The summed E-state index contributed by atoms with van der Waals surface area (Å²) in [5.41, 5.74) is 2.95. The summed E-state index contributed by atoms with van der Waals surface area (Å²) in [6.07, 6.45) is 2.76. The smallest absolute Gasteiger partial charge is 0.144 e. The molecule has 0 spiro atoms. The number of anilines is 1. The van der Waals surface area contributed by atoms with Crippen molar-refractivity contribution in [3.05, 3.63) is 45.3 Å². The Kier molecular flexibility index (Phi) is 3.96. The van der Waals surface area contributed by atoms with Crippen LogP contribution in [0.2, 0.25) is 0 Å². The highest BCUT2D eigenvalue weighted by Crippen LogP contribution is 2.20. The van der Waals surface area contributed by atoms with Gasteiger partial charge in [-0.3, -0.25) is 0 Å². The lowest BCUT2D eigenvalue weighted by Gasteiger charge is -2.08. The minimum atomic E-state index is 0.632. The minimum Gasteiger partial charge on any atom is -0.364 e. The third-order valence-corrected chi connectivity index (χ3v) is 3.87. The van der Waals surface area contributed by atoms with Crippen LogP contribution in [0, 0.1) is 18.3 Å². The predicted octanol–water partition coefficient (Wildman–Crippen LogP) is 3.50. The number of rotatable bonds is 4. The van der Waals surface area contributed by atoms with Gasteiger partial charge in [-0.05, 0) is 42.0 Å². The number of nitriles is 1. The van der Waals surface area contributed by atoms with E-state index in [0.717, 1.165) is 18.5 Å². The standard InChI is InChI=1S/C14H15N3S/c1-3-11-5-7-18-13(11)9-17-14-12(8-15)10(2)4-6-16-14/h4-7H,3,9H2,1-2H3,(H,16,17). The second-order valence-electron chi connectivity index (χ2n) is 4.04. The van der Waals surface area contributed by atoms with Crippen LogP contribution in [0.1, 0.15) is 28.5 Å². The Bertz CT molecular complexity index is 581. The molecule has 2 heterocycles. The quantitative estimate of drug-likeness (QED) is 0.912. The van der Waals surface area contributed by atoms with Gasteiger partial charge < -0.3 is 5.32 Å². The zero-order valence-corrected chi connectivity index (χ0v) is 11.3. The van der Waals surface area contributed by atoms with Crippen LogP contribution in [0.15, 0.2) is 23.7 Å². The van der Waals surface area contributed by atoms with Gasteiger partial charge in [0.15, 0.2) is 0 Å². The maximum absolute atomic E-state index is 9.13. The number of nitrogens with one attached hydrogen (secondary N) is 1. The third kappa shape index (κ3) is 2.52. The normalized spacial score (nSPS) is 10.1. The molecule has 4 heteroatoms. The summed E-state index contributed by atoms with van der Waals surface area (Å²) in [7, 11) is 0. The molecule has 2 rings (SSSR count). The number of nitrogens with zero attached hydrogens (tertiary/aromatic N) is 2. The lowest BCUT2D eigenvalue weighted by Crippen LogP contribution is -2.04. The van der Waals surface area contributed by atoms with Crippen molar-refractivity contribution in [2.75, 3.05) is 5.32 Å². The SMILES string of the molecule is CCc1ccsc1CNc1nccc(C)c1C#N. The summed E-state index contributed by atoms with van der Waals surface area (Å²) in [5, 5.41) is 14.5. The molecule has 92 valence electrons. The van der Waals surface area contributed by atoms with Crippen molar-refractivity contribution in [1.29, 1.82) is 5.26 Å². The summed E-state index contributed by atoms with van der Waals surface area (Å²) < 4.78 is 0. The lowest BCUT2D eigenvalue weighted by molar-refractivity contribution is 1.06. The van der Waals surface area contributed by atoms with Crippen molar-refractivity contribution in [1.82, 2.24) is 4.98 Å². The molecule has 0 aliphatic rings. The van der Waals surface area contributed by atoms with Crippen molar-refractivity contribution in [3.63, 3.8) is 0 Å². The molecule has 0 fully saturated rings. The van der Waals surface area contributed by atoms with Gasteiger partial charge in [0.2, 0.25) is 0 Å². The molecule has 0 saturated heterocycles. The van der Waals surface area contributed by atoms with E-state index < -0.39 is 0 Å². The molecule has 2 aromatic heterocycles. The second kappa shape index (κ2) is 5.65. The maximum Gasteiger partial charge on any atom is 0.144 e. The van der Waals surface area contributed by atoms with E-state index >= 15 is 0 Å². The minimum absolute atomic E-state index is 0.632. The summed E-state index contributed by atoms with van der Waals surface area (Å²) in [6, 6.07) is 6.20. The van der Waals surface area contributed by atoms with Crippen molar-refractivity contribution >= 4 is 17.2 Å². The molecular weight excluding hydrogens is 242 g/mol. The molecule has 2 aromatic rings. The number of hydrogen-bond acceptors (Lipinski definition) is 4. The van der Waals surface area contributed by atoms with E-state index in [0.29, 0.717) is 11.4 Å². The number of aromatic nitrogens is 1. The van der Waals surface area contributed by atoms with E-state index in [4.69, 9.17) is 5.26 Å². The molecule has 0 aliphatic heterocycles. The second-order valence-corrected chi connectivity index (χ2v) is 5.04. The average Bonchev–Trinajstić information content (AvgIpc) is 2.83. The number of aryl methyl sites for hydroxylation is 2. The maximum atomic E-state index is 9.13. The average molecular weight is 257 g/mol. The van der Waals surface area contributed by atoms with Gasteiger partial charge in [-0.25, -0.2) is 4.98 Å². The molecular formula is C14H15N3S. The van der Waals surface area contributed by atoms with Crippen LogP contribution in [0.4, 0.5) is 5.82 Å². The number of pyridine rings is 1. The zero-order chi connectivity index (χ0) is 13.0. The van der Waals surface area contributed by atoms with E-state index in [1.54, 1.807) is 17.5 Å². The highest BCUT2D eigenvalue weighted by atomic mass is 32.1. The Morgan fingerprint density at radius 1 is 1.44 bits per heavy atom. The van der Waals surface area contributed by atoms with Gasteiger partial charge in [0, 0.05) is 11.1 Å². The zero-order valence-electron chi connectivity index (χ0n) is 10.5. The van der Waals surface area contributed by atoms with Gasteiger partial charge >= 0.3 is 0 Å². The summed E-state index contributed by atoms with van der Waals surface area (Å²) >= 11 is 1.74. The van der Waals surface area contributed by atoms with Gasteiger partial charge in [0.25, 0.3) is 0 Å². The van der Waals surface area contributed by atoms with Crippen LogP contribution in [0.3, 0.4) is 0 Å². The van der Waals surface area contributed by atoms with Crippen molar-refractivity contribution < 1.29 is 0 Å². The summed E-state index contributed by atoms with van der Waals surface area (Å²) in [6.45, 7) is 4.80. The van der Waals surface area contributed by atoms with Crippen LogP contribution in [0.5, 0.6) is 0 Å². The van der Waals surface area contributed by atoms with E-state index in [-0.39, 0.29) is 0 Å². The van der Waals surface area contributed by atoms with Crippen molar-refractivity contribution in [2.45, 2.75) is 26.8 Å². The summed E-state index contributed by atoms with van der Waals surface area (Å²) in [5.74, 6) is 0.674. The highest BCUT2D eigenvalue weighted by Gasteiger charge is 2.07. The first kappa shape index (κ1) is 12.6. The Morgan fingerprint density at radius 3 is 3.00 bits per heavy atom. The molecule has 0 amide bonds. The first-order valence-electron chi connectivity index (χ1n) is 5.91. The van der Waals surface area contributed by atoms with Gasteiger partial charge in [-0.2, -0.15) is 5.26 Å². The lowest BCUT2D eigenvalue weighted by atomic mass is 10.1. The van der Waals surface area contributed by atoms with E-state index in [1.807, 2.05) is 13.0 Å². The molecule has 0 radical (unpaired) electrons. The van der Waals surface area contributed by atoms with Crippen LogP contribution in [0.25, 0.3) is 0 Å². The Hall–Kier alpha value is -1.86. The molecule has 3 nitrogen and oxygen atoms in total. The number of thiophene rings is 1. The molecule has 0 aromatic carbocycles. The van der Waals surface area contributed by atoms with Crippen molar-refractivity contribution in [2.24, 2.45) is 0 Å². The van der Waals surface area contributed by atoms with Gasteiger partial charge in [-0.1, -0.05) is 6.92 Å². The van der Waals surface area contributed by atoms with Crippen LogP contribution in [-0.4, -0.2) is 4.98 Å². The van der Waals surface area contributed by atoms with Gasteiger partial charge in [0.05, 0.1) is 12.1 Å². The molecule has 0 aliphatic carbocycles. The highest BCUT2D eigenvalue weighted by molar-refractivity contribution is 7.10. The van der Waals surface area contributed by atoms with Crippen LogP contribution < -0.4 is 5.32 Å². The monoisotopic (exact) mass is 257 g/mol. The topological polar surface area (TPSA) is 48.7 Å². The van der Waals surface area contributed by atoms with Crippen LogP contribution >= 0.6 is 11.3 Å². The Balaban J connectivity index is 2.16.